The summed E-state index contributed by atoms with van der Waals surface area (Å²) in [5.74, 6) is 0.137. The van der Waals surface area contributed by atoms with Crippen LogP contribution in [0.2, 0.25) is 0 Å². The molecule has 0 radical (unpaired) electrons. The molecule has 0 aliphatic carbocycles. The van der Waals surface area contributed by atoms with Crippen molar-refractivity contribution in [1.82, 2.24) is 5.43 Å². The lowest BCUT2D eigenvalue weighted by atomic mass is 9.99. The Morgan fingerprint density at radius 2 is 1.97 bits per heavy atom. The average Bonchev–Trinajstić information content (AvgIpc) is 2.74. The number of hydrazone groups is 1. The maximum atomic E-state index is 11.9. The average molecular weight is 415 g/mol. The molecule has 0 bridgehead atoms. The number of hydrogen-bond acceptors (Lipinski definition) is 7. The molecule has 0 saturated heterocycles. The molecule has 1 amide bonds. The van der Waals surface area contributed by atoms with Crippen LogP contribution in [0.1, 0.15) is 44.2 Å². The Morgan fingerprint density at radius 3 is 2.57 bits per heavy atom. The summed E-state index contributed by atoms with van der Waals surface area (Å²) >= 11 is 0. The van der Waals surface area contributed by atoms with Crippen molar-refractivity contribution in [3.63, 3.8) is 0 Å². The van der Waals surface area contributed by atoms with Crippen LogP contribution in [0, 0.1) is 10.1 Å². The lowest BCUT2D eigenvalue weighted by Crippen LogP contribution is -2.24. The molecule has 9 nitrogen and oxygen atoms in total. The van der Waals surface area contributed by atoms with E-state index in [1.54, 1.807) is 19.1 Å². The highest BCUT2D eigenvalue weighted by atomic mass is 16.6. The summed E-state index contributed by atoms with van der Waals surface area (Å²) < 4.78 is 10.6. The van der Waals surface area contributed by atoms with Gasteiger partial charge >= 0.3 is 0 Å². The minimum absolute atomic E-state index is 0.0366. The molecule has 2 aromatic carbocycles. The van der Waals surface area contributed by atoms with Gasteiger partial charge in [-0.15, -0.1) is 0 Å². The molecule has 30 heavy (non-hydrogen) atoms. The number of phenols is 1. The predicted molar refractivity (Wildman–Crippen MR) is 112 cm³/mol. The number of nitro benzene ring substituents is 1. The van der Waals surface area contributed by atoms with E-state index in [0.717, 1.165) is 24.8 Å². The maximum absolute atomic E-state index is 11.9. The van der Waals surface area contributed by atoms with Crippen LogP contribution in [0.5, 0.6) is 17.2 Å². The summed E-state index contributed by atoms with van der Waals surface area (Å²) in [6, 6.07) is 9.77. The minimum atomic E-state index is -0.613. The number of phenolic OH excluding ortho intramolecular Hbond substituents is 1. The van der Waals surface area contributed by atoms with E-state index in [-0.39, 0.29) is 36.0 Å². The van der Waals surface area contributed by atoms with Crippen molar-refractivity contribution in [3.8, 4) is 17.2 Å². The van der Waals surface area contributed by atoms with Crippen LogP contribution < -0.4 is 14.9 Å². The summed E-state index contributed by atoms with van der Waals surface area (Å²) in [6.07, 6.45) is 2.14. The number of ether oxygens (including phenoxy) is 2. The lowest BCUT2D eigenvalue weighted by molar-refractivity contribution is -0.385. The number of benzene rings is 2. The molecule has 0 spiro atoms. The predicted octanol–water partition coefficient (Wildman–Crippen LogP) is 3.74. The molecule has 9 heteroatoms. The first-order chi connectivity index (χ1) is 14.3. The van der Waals surface area contributed by atoms with E-state index in [9.17, 15) is 20.0 Å². The Morgan fingerprint density at radius 1 is 1.27 bits per heavy atom. The quantitative estimate of drug-likeness (QED) is 0.346. The summed E-state index contributed by atoms with van der Waals surface area (Å²) in [4.78, 5) is 22.3. The monoisotopic (exact) mass is 415 g/mol. The first-order valence-corrected chi connectivity index (χ1v) is 9.54. The molecular weight excluding hydrogens is 390 g/mol. The lowest BCUT2D eigenvalue weighted by Gasteiger charge is -2.10. The Balaban J connectivity index is 1.96. The third kappa shape index (κ3) is 6.20. The number of non-ortho nitro benzene ring substituents is 1. The number of aromatic hydroxyl groups is 1. The van der Waals surface area contributed by atoms with Gasteiger partial charge in [-0.25, -0.2) is 5.43 Å². The molecule has 1 atom stereocenters. The molecule has 160 valence electrons. The van der Waals surface area contributed by atoms with Gasteiger partial charge in [0, 0.05) is 11.6 Å². The molecular formula is C21H25N3O6. The fourth-order valence-corrected chi connectivity index (χ4v) is 2.57. The van der Waals surface area contributed by atoms with E-state index >= 15 is 0 Å². The number of nitrogens with one attached hydrogen (secondary N) is 1. The number of nitrogens with zero attached hydrogens (tertiary/aromatic N) is 2. The second-order valence-corrected chi connectivity index (χ2v) is 6.53. The summed E-state index contributed by atoms with van der Waals surface area (Å²) in [5, 5.41) is 24.9. The number of rotatable bonds is 10. The largest absolute Gasteiger partial charge is 0.504 e. The molecule has 0 aliphatic heterocycles. The fraction of sp³-hybridized carbons (Fsp3) is 0.333. The molecule has 0 heterocycles. The molecule has 2 rings (SSSR count). The zero-order valence-corrected chi connectivity index (χ0v) is 17.1. The normalized spacial score (nSPS) is 11.8. The van der Waals surface area contributed by atoms with Crippen molar-refractivity contribution >= 4 is 17.8 Å². The number of carbonyl (C=O) groups is 1. The molecule has 2 aromatic rings. The van der Waals surface area contributed by atoms with Crippen molar-refractivity contribution < 1.29 is 24.3 Å². The zero-order chi connectivity index (χ0) is 22.1. The number of amides is 1. The van der Waals surface area contributed by atoms with E-state index < -0.39 is 10.8 Å². The van der Waals surface area contributed by atoms with Crippen LogP contribution in [0.3, 0.4) is 0 Å². The summed E-state index contributed by atoms with van der Waals surface area (Å²) in [6.45, 7) is 5.90. The Hall–Kier alpha value is -3.62. The Kier molecular flexibility index (Phi) is 8.16. The van der Waals surface area contributed by atoms with Gasteiger partial charge in [-0.1, -0.05) is 26.0 Å². The van der Waals surface area contributed by atoms with Gasteiger partial charge in [-0.2, -0.15) is 5.10 Å². The van der Waals surface area contributed by atoms with Gasteiger partial charge in [0.05, 0.1) is 23.8 Å². The topological polar surface area (TPSA) is 123 Å². The molecule has 0 fully saturated rings. The highest BCUT2D eigenvalue weighted by Crippen LogP contribution is 2.33. The summed E-state index contributed by atoms with van der Waals surface area (Å²) in [7, 11) is 0. The van der Waals surface area contributed by atoms with Crippen LogP contribution in [-0.4, -0.2) is 35.4 Å². The van der Waals surface area contributed by atoms with Crippen LogP contribution in [0.25, 0.3) is 0 Å². The van der Waals surface area contributed by atoms with Crippen LogP contribution in [0.4, 0.5) is 5.69 Å². The Labute approximate surface area is 174 Å². The molecule has 0 aromatic heterocycles. The number of hydrogen-bond donors (Lipinski definition) is 2. The Bertz CT molecular complexity index is 912. The van der Waals surface area contributed by atoms with Crippen molar-refractivity contribution in [1.29, 1.82) is 0 Å². The smallest absolute Gasteiger partial charge is 0.277 e. The van der Waals surface area contributed by atoms with Crippen molar-refractivity contribution in [3.05, 3.63) is 57.6 Å². The third-order valence-corrected chi connectivity index (χ3v) is 4.42. The van der Waals surface area contributed by atoms with E-state index in [1.807, 2.05) is 12.1 Å². The first-order valence-electron chi connectivity index (χ1n) is 9.54. The first kappa shape index (κ1) is 22.7. The highest BCUT2D eigenvalue weighted by Gasteiger charge is 2.16. The van der Waals surface area contributed by atoms with Crippen LogP contribution in [-0.2, 0) is 4.79 Å². The second kappa shape index (κ2) is 10.8. The van der Waals surface area contributed by atoms with Crippen LogP contribution >= 0.6 is 0 Å². The van der Waals surface area contributed by atoms with Gasteiger partial charge < -0.3 is 14.6 Å². The van der Waals surface area contributed by atoms with Gasteiger partial charge in [-0.05, 0) is 37.0 Å². The number of nitro groups is 1. The van der Waals surface area contributed by atoms with E-state index in [1.165, 1.54) is 5.56 Å². The fourth-order valence-electron chi connectivity index (χ4n) is 2.57. The molecule has 0 unspecified atom stereocenters. The molecule has 2 N–H and O–H groups in total. The second-order valence-electron chi connectivity index (χ2n) is 6.53. The standard InChI is InChI=1S/C21H25N3O6/c1-4-14(3)15-6-8-18(9-7-15)30-13-20(25)23-22-12-16-10-17(24(27)28)11-19(21(16)26)29-5-2/h6-12,14,26H,4-5,13H2,1-3H3,(H,23,25)/t14-/m0/s1. The SMILES string of the molecule is CCOc1cc([N+](=O)[O-])cc(C=NNC(=O)COc2ccc([C@@H](C)CC)cc2)c1O. The van der Waals surface area contributed by atoms with Crippen molar-refractivity contribution in [2.75, 3.05) is 13.2 Å². The van der Waals surface area contributed by atoms with Gasteiger partial charge in [0.15, 0.2) is 18.1 Å². The maximum Gasteiger partial charge on any atom is 0.277 e. The van der Waals surface area contributed by atoms with E-state index in [0.29, 0.717) is 11.7 Å². The molecule has 0 saturated carbocycles. The van der Waals surface area contributed by atoms with Crippen molar-refractivity contribution in [2.24, 2.45) is 5.10 Å². The third-order valence-electron chi connectivity index (χ3n) is 4.42. The van der Waals surface area contributed by atoms with Gasteiger partial charge in [-0.3, -0.25) is 14.9 Å². The van der Waals surface area contributed by atoms with Gasteiger partial charge in [0.25, 0.3) is 11.6 Å². The number of carbonyl (C=O) groups excluding carboxylic acids is 1. The highest BCUT2D eigenvalue weighted by molar-refractivity contribution is 5.87. The zero-order valence-electron chi connectivity index (χ0n) is 17.1. The molecule has 0 aliphatic rings. The van der Waals surface area contributed by atoms with E-state index in [4.69, 9.17) is 9.47 Å². The van der Waals surface area contributed by atoms with Gasteiger partial charge in [0.2, 0.25) is 0 Å². The van der Waals surface area contributed by atoms with Gasteiger partial charge in [0.1, 0.15) is 5.75 Å². The summed E-state index contributed by atoms with van der Waals surface area (Å²) in [5.41, 5.74) is 3.21. The van der Waals surface area contributed by atoms with E-state index in [2.05, 4.69) is 24.4 Å². The van der Waals surface area contributed by atoms with Crippen LogP contribution in [0.15, 0.2) is 41.5 Å². The minimum Gasteiger partial charge on any atom is -0.504 e. The van der Waals surface area contributed by atoms with Crippen molar-refractivity contribution in [2.45, 2.75) is 33.1 Å².